The van der Waals surface area contributed by atoms with E-state index in [9.17, 15) is 9.59 Å². The molecule has 0 bridgehead atoms. The summed E-state index contributed by atoms with van der Waals surface area (Å²) in [5.74, 6) is 0.387. The van der Waals surface area contributed by atoms with E-state index in [1.807, 2.05) is 24.3 Å². The summed E-state index contributed by atoms with van der Waals surface area (Å²) in [6.07, 6.45) is 4.93. The highest BCUT2D eigenvalue weighted by molar-refractivity contribution is 5.95. The highest BCUT2D eigenvalue weighted by Gasteiger charge is 2.32. The van der Waals surface area contributed by atoms with E-state index in [-0.39, 0.29) is 12.6 Å². The van der Waals surface area contributed by atoms with Gasteiger partial charge in [0.25, 0.3) is 0 Å². The molecule has 6 nitrogen and oxygen atoms in total. The molecule has 1 saturated carbocycles. The molecule has 1 atom stereocenters. The third-order valence-corrected chi connectivity index (χ3v) is 4.58. The van der Waals surface area contributed by atoms with Gasteiger partial charge >= 0.3 is 12.0 Å². The number of allylic oxidation sites excluding steroid dienone is 1. The zero-order valence-electron chi connectivity index (χ0n) is 14.6. The zero-order chi connectivity index (χ0) is 17.8. The first-order chi connectivity index (χ1) is 12.1. The van der Waals surface area contributed by atoms with Crippen molar-refractivity contribution in [2.75, 3.05) is 6.61 Å². The van der Waals surface area contributed by atoms with Crippen LogP contribution in [0.1, 0.15) is 51.1 Å². The van der Waals surface area contributed by atoms with Gasteiger partial charge in [0.05, 0.1) is 24.3 Å². The Morgan fingerprint density at radius 3 is 2.52 bits per heavy atom. The molecule has 2 N–H and O–H groups in total. The normalized spacial score (nSPS) is 20.9. The van der Waals surface area contributed by atoms with Gasteiger partial charge in [0.15, 0.2) is 0 Å². The van der Waals surface area contributed by atoms with Gasteiger partial charge in [0.1, 0.15) is 5.75 Å². The van der Waals surface area contributed by atoms with Crippen molar-refractivity contribution in [2.45, 2.75) is 51.7 Å². The number of carbonyl (C=O) groups is 2. The SMILES string of the molecule is CCOC(=O)C1=C(C)NC(=O)NC1c1ccc(OC2CCCC2)cc1. The molecule has 0 saturated heterocycles. The van der Waals surface area contributed by atoms with E-state index in [0.717, 1.165) is 24.2 Å². The number of carbonyl (C=O) groups excluding carboxylic acids is 2. The van der Waals surface area contributed by atoms with Crippen molar-refractivity contribution in [2.24, 2.45) is 0 Å². The van der Waals surface area contributed by atoms with Crippen molar-refractivity contribution in [3.63, 3.8) is 0 Å². The molecule has 1 aromatic carbocycles. The van der Waals surface area contributed by atoms with Crippen LogP contribution in [0.4, 0.5) is 4.79 Å². The monoisotopic (exact) mass is 344 g/mol. The van der Waals surface area contributed by atoms with Crippen LogP contribution in [0.5, 0.6) is 5.75 Å². The molecule has 1 aliphatic carbocycles. The average molecular weight is 344 g/mol. The molecule has 2 aliphatic rings. The van der Waals surface area contributed by atoms with E-state index in [1.54, 1.807) is 13.8 Å². The number of rotatable bonds is 5. The van der Waals surface area contributed by atoms with Crippen LogP contribution in [0.25, 0.3) is 0 Å². The molecule has 2 amide bonds. The Morgan fingerprint density at radius 2 is 1.88 bits per heavy atom. The average Bonchev–Trinajstić information content (AvgIpc) is 3.08. The molecule has 1 aromatic rings. The molecule has 0 spiro atoms. The summed E-state index contributed by atoms with van der Waals surface area (Å²) in [6, 6.07) is 6.68. The Kier molecular flexibility index (Phi) is 5.26. The van der Waals surface area contributed by atoms with Crippen LogP contribution in [0.15, 0.2) is 35.5 Å². The van der Waals surface area contributed by atoms with Crippen molar-refractivity contribution >= 4 is 12.0 Å². The van der Waals surface area contributed by atoms with Crippen LogP contribution in [0, 0.1) is 0 Å². The van der Waals surface area contributed by atoms with Gasteiger partial charge in [-0.1, -0.05) is 12.1 Å². The number of urea groups is 1. The van der Waals surface area contributed by atoms with Crippen molar-refractivity contribution in [1.82, 2.24) is 10.6 Å². The third-order valence-electron chi connectivity index (χ3n) is 4.58. The van der Waals surface area contributed by atoms with E-state index < -0.39 is 12.0 Å². The van der Waals surface area contributed by atoms with Gasteiger partial charge in [-0.3, -0.25) is 0 Å². The first-order valence-corrected chi connectivity index (χ1v) is 8.80. The number of nitrogens with one attached hydrogen (secondary N) is 2. The van der Waals surface area contributed by atoms with E-state index >= 15 is 0 Å². The van der Waals surface area contributed by atoms with Crippen LogP contribution in [-0.4, -0.2) is 24.7 Å². The molecule has 1 heterocycles. The van der Waals surface area contributed by atoms with Crippen LogP contribution in [0.2, 0.25) is 0 Å². The number of esters is 1. The third kappa shape index (κ3) is 3.95. The predicted octanol–water partition coefficient (Wildman–Crippen LogP) is 3.20. The Bertz CT molecular complexity index is 675. The number of ether oxygens (including phenoxy) is 2. The summed E-state index contributed by atoms with van der Waals surface area (Å²) in [6.45, 7) is 3.74. The number of benzene rings is 1. The van der Waals surface area contributed by atoms with E-state index in [0.29, 0.717) is 17.4 Å². The number of hydrogen-bond donors (Lipinski definition) is 2. The van der Waals surface area contributed by atoms with Crippen LogP contribution in [-0.2, 0) is 9.53 Å². The lowest BCUT2D eigenvalue weighted by molar-refractivity contribution is -0.139. The van der Waals surface area contributed by atoms with Crippen molar-refractivity contribution < 1.29 is 19.1 Å². The largest absolute Gasteiger partial charge is 0.490 e. The second-order valence-corrected chi connectivity index (χ2v) is 6.38. The fourth-order valence-corrected chi connectivity index (χ4v) is 3.36. The topological polar surface area (TPSA) is 76.7 Å². The minimum Gasteiger partial charge on any atom is -0.490 e. The van der Waals surface area contributed by atoms with Crippen molar-refractivity contribution in [3.8, 4) is 5.75 Å². The van der Waals surface area contributed by atoms with E-state index in [1.165, 1.54) is 12.8 Å². The zero-order valence-corrected chi connectivity index (χ0v) is 14.6. The molecular weight excluding hydrogens is 320 g/mol. The van der Waals surface area contributed by atoms with E-state index in [4.69, 9.17) is 9.47 Å². The van der Waals surface area contributed by atoms with Gasteiger partial charge in [-0.05, 0) is 57.2 Å². The fourth-order valence-electron chi connectivity index (χ4n) is 3.36. The van der Waals surface area contributed by atoms with Gasteiger partial charge in [-0.15, -0.1) is 0 Å². The summed E-state index contributed by atoms with van der Waals surface area (Å²) in [5, 5.41) is 5.43. The number of hydrogen-bond acceptors (Lipinski definition) is 4. The quantitative estimate of drug-likeness (QED) is 0.804. The molecule has 1 unspecified atom stereocenters. The summed E-state index contributed by atoms with van der Waals surface area (Å²) in [5.41, 5.74) is 1.75. The van der Waals surface area contributed by atoms with Crippen molar-refractivity contribution in [3.05, 3.63) is 41.1 Å². The molecular formula is C19H24N2O4. The molecule has 25 heavy (non-hydrogen) atoms. The second-order valence-electron chi connectivity index (χ2n) is 6.38. The van der Waals surface area contributed by atoms with Crippen LogP contribution in [0.3, 0.4) is 0 Å². The minimum absolute atomic E-state index is 0.282. The second kappa shape index (κ2) is 7.59. The summed E-state index contributed by atoms with van der Waals surface area (Å²) in [4.78, 5) is 24.1. The van der Waals surface area contributed by atoms with Crippen molar-refractivity contribution in [1.29, 1.82) is 0 Å². The lowest BCUT2D eigenvalue weighted by Gasteiger charge is -2.28. The van der Waals surface area contributed by atoms with Crippen LogP contribution >= 0.6 is 0 Å². The smallest absolute Gasteiger partial charge is 0.338 e. The maximum Gasteiger partial charge on any atom is 0.338 e. The summed E-state index contributed by atoms with van der Waals surface area (Å²) in [7, 11) is 0. The van der Waals surface area contributed by atoms with Crippen LogP contribution < -0.4 is 15.4 Å². The standard InChI is InChI=1S/C19H24N2O4/c1-3-24-18(22)16-12(2)20-19(23)21-17(16)13-8-10-15(11-9-13)25-14-6-4-5-7-14/h8-11,14,17H,3-7H2,1-2H3,(H2,20,21,23). The first kappa shape index (κ1) is 17.3. The van der Waals surface area contributed by atoms with Gasteiger partial charge in [0.2, 0.25) is 0 Å². The number of amides is 2. The predicted molar refractivity (Wildman–Crippen MR) is 93.1 cm³/mol. The van der Waals surface area contributed by atoms with E-state index in [2.05, 4.69) is 10.6 Å². The summed E-state index contributed by atoms with van der Waals surface area (Å²) >= 11 is 0. The summed E-state index contributed by atoms with van der Waals surface area (Å²) < 4.78 is 11.1. The maximum atomic E-state index is 12.3. The lowest BCUT2D eigenvalue weighted by atomic mass is 9.95. The van der Waals surface area contributed by atoms with Gasteiger partial charge in [0, 0.05) is 5.70 Å². The molecule has 0 aromatic heterocycles. The highest BCUT2D eigenvalue weighted by Crippen LogP contribution is 2.30. The molecule has 1 fully saturated rings. The maximum absolute atomic E-state index is 12.3. The molecule has 1 aliphatic heterocycles. The van der Waals surface area contributed by atoms with Gasteiger partial charge in [-0.25, -0.2) is 9.59 Å². The first-order valence-electron chi connectivity index (χ1n) is 8.80. The Balaban J connectivity index is 1.81. The lowest BCUT2D eigenvalue weighted by Crippen LogP contribution is -2.45. The fraction of sp³-hybridized carbons (Fsp3) is 0.474. The molecule has 6 heteroatoms. The molecule has 3 rings (SSSR count). The van der Waals surface area contributed by atoms with Gasteiger partial charge in [-0.2, -0.15) is 0 Å². The molecule has 0 radical (unpaired) electrons. The Labute approximate surface area is 147 Å². The minimum atomic E-state index is -0.534. The molecule has 134 valence electrons. The van der Waals surface area contributed by atoms with Gasteiger partial charge < -0.3 is 20.1 Å². The Hall–Kier alpha value is -2.50. The Morgan fingerprint density at radius 1 is 1.20 bits per heavy atom. The highest BCUT2D eigenvalue weighted by atomic mass is 16.5.